The van der Waals surface area contributed by atoms with Crippen LogP contribution in [0.3, 0.4) is 0 Å². The van der Waals surface area contributed by atoms with Gasteiger partial charge in [0, 0.05) is 33.5 Å². The number of amides is 1. The summed E-state index contributed by atoms with van der Waals surface area (Å²) in [6.07, 6.45) is 3.00. The number of hydrogen-bond acceptors (Lipinski definition) is 6. The predicted molar refractivity (Wildman–Crippen MR) is 121 cm³/mol. The number of anilines is 1. The van der Waals surface area contributed by atoms with E-state index in [9.17, 15) is 14.4 Å². The van der Waals surface area contributed by atoms with Crippen molar-refractivity contribution in [3.8, 4) is 11.3 Å². The van der Waals surface area contributed by atoms with Gasteiger partial charge in [0.15, 0.2) is 10.9 Å². The summed E-state index contributed by atoms with van der Waals surface area (Å²) in [5.41, 5.74) is 1.94. The summed E-state index contributed by atoms with van der Waals surface area (Å²) in [5.74, 6) is -0.632. The molecule has 0 bridgehead atoms. The minimum Gasteiger partial charge on any atom is -0.325 e. The molecule has 4 rings (SSSR count). The van der Waals surface area contributed by atoms with Crippen LogP contribution in [0.5, 0.6) is 0 Å². The highest BCUT2D eigenvalue weighted by atomic mass is 32.2. The van der Waals surface area contributed by atoms with Crippen LogP contribution in [0.15, 0.2) is 45.4 Å². The second kappa shape index (κ2) is 7.85. The number of H-pyrrole nitrogens is 1. The lowest BCUT2D eigenvalue weighted by Gasteiger charge is -2.29. The first kappa shape index (κ1) is 20.6. The van der Waals surface area contributed by atoms with E-state index in [1.165, 1.54) is 17.4 Å². The highest BCUT2D eigenvalue weighted by molar-refractivity contribution is 7.98. The van der Waals surface area contributed by atoms with Crippen molar-refractivity contribution in [3.05, 3.63) is 62.9 Å². The summed E-state index contributed by atoms with van der Waals surface area (Å²) in [4.78, 5) is 46.0. The zero-order chi connectivity index (χ0) is 21.5. The molecule has 1 amide bonds. The maximum atomic E-state index is 12.7. The third kappa shape index (κ3) is 4.11. The summed E-state index contributed by atoms with van der Waals surface area (Å²) in [7, 11) is 0. The summed E-state index contributed by atoms with van der Waals surface area (Å²) in [6, 6.07) is 9.41. The number of fused-ring (bicyclic) bond motifs is 1. The number of carbonyl (C=O) groups is 2. The molecule has 30 heavy (non-hydrogen) atoms. The van der Waals surface area contributed by atoms with Crippen molar-refractivity contribution in [2.24, 2.45) is 5.41 Å². The number of thioether (sulfide) groups is 1. The Bertz CT molecular complexity index is 1190. The van der Waals surface area contributed by atoms with E-state index in [2.05, 4.69) is 15.3 Å². The Kier molecular flexibility index (Phi) is 5.38. The van der Waals surface area contributed by atoms with Crippen molar-refractivity contribution in [2.75, 3.05) is 11.6 Å². The summed E-state index contributed by atoms with van der Waals surface area (Å²) in [5, 5.41) is 4.93. The fourth-order valence-corrected chi connectivity index (χ4v) is 4.71. The highest BCUT2D eigenvalue weighted by Crippen LogP contribution is 2.33. The minimum atomic E-state index is -0.574. The van der Waals surface area contributed by atoms with E-state index < -0.39 is 11.5 Å². The number of nitrogens with zero attached hydrogens (tertiary/aromatic N) is 1. The zero-order valence-electron chi connectivity index (χ0n) is 16.9. The lowest BCUT2D eigenvalue weighted by molar-refractivity contribution is 0.0910. The first-order valence-electron chi connectivity index (χ1n) is 9.46. The van der Waals surface area contributed by atoms with Crippen LogP contribution in [0, 0.1) is 5.41 Å². The van der Waals surface area contributed by atoms with Crippen molar-refractivity contribution < 1.29 is 9.59 Å². The first-order chi connectivity index (χ1) is 14.3. The van der Waals surface area contributed by atoms with E-state index in [-0.39, 0.29) is 16.8 Å². The highest BCUT2D eigenvalue weighted by Gasteiger charge is 2.32. The van der Waals surface area contributed by atoms with Crippen molar-refractivity contribution in [3.63, 3.8) is 0 Å². The molecule has 0 spiro atoms. The van der Waals surface area contributed by atoms with E-state index in [1.54, 1.807) is 11.8 Å². The molecule has 0 saturated heterocycles. The largest absolute Gasteiger partial charge is 0.325 e. The molecule has 2 aromatic heterocycles. The molecule has 0 radical (unpaired) electrons. The fourth-order valence-electron chi connectivity index (χ4n) is 3.59. The molecule has 2 heterocycles. The Morgan fingerprint density at radius 3 is 2.63 bits per heavy atom. The number of aromatic nitrogens is 2. The van der Waals surface area contributed by atoms with Crippen LogP contribution in [-0.4, -0.2) is 27.9 Å². The van der Waals surface area contributed by atoms with Gasteiger partial charge < -0.3 is 4.98 Å². The molecule has 2 N–H and O–H groups in total. The van der Waals surface area contributed by atoms with E-state index in [4.69, 9.17) is 0 Å². The number of rotatable bonds is 4. The second-order valence-corrected chi connectivity index (χ2v) is 9.80. The molecular weight excluding hydrogens is 418 g/mol. The quantitative estimate of drug-likeness (QED) is 0.579. The number of nitrogens with one attached hydrogen (secondary N) is 2. The molecular formula is C22H21N3O3S2. The van der Waals surface area contributed by atoms with Gasteiger partial charge in [-0.05, 0) is 36.3 Å². The molecule has 6 nitrogen and oxygen atoms in total. The number of benzene rings is 1. The molecule has 1 aliphatic carbocycles. The second-order valence-electron chi connectivity index (χ2n) is 8.07. The third-order valence-corrected chi connectivity index (χ3v) is 6.57. The Balaban J connectivity index is 1.56. The van der Waals surface area contributed by atoms with Crippen LogP contribution < -0.4 is 10.9 Å². The van der Waals surface area contributed by atoms with Crippen LogP contribution in [0.2, 0.25) is 0 Å². The molecule has 0 unspecified atom stereocenters. The Morgan fingerprint density at radius 1 is 1.20 bits per heavy atom. The number of aromatic amines is 1. The van der Waals surface area contributed by atoms with Gasteiger partial charge in [-0.3, -0.25) is 19.7 Å². The predicted octanol–water partition coefficient (Wildman–Crippen LogP) is 4.63. The van der Waals surface area contributed by atoms with Crippen molar-refractivity contribution in [1.29, 1.82) is 0 Å². The van der Waals surface area contributed by atoms with Gasteiger partial charge in [0.05, 0.1) is 5.69 Å². The van der Waals surface area contributed by atoms with E-state index in [1.807, 2.05) is 49.7 Å². The Hall–Kier alpha value is -2.71. The molecule has 154 valence electrons. The minimum absolute atomic E-state index is 0.0585. The van der Waals surface area contributed by atoms with E-state index in [0.717, 1.165) is 16.2 Å². The number of hydrogen-bond donors (Lipinski definition) is 2. The Morgan fingerprint density at radius 2 is 1.93 bits per heavy atom. The third-order valence-electron chi connectivity index (χ3n) is 5.07. The van der Waals surface area contributed by atoms with Gasteiger partial charge in [-0.15, -0.1) is 23.1 Å². The van der Waals surface area contributed by atoms with Crippen molar-refractivity contribution >= 4 is 39.9 Å². The van der Waals surface area contributed by atoms with Gasteiger partial charge in [-0.2, -0.15) is 0 Å². The maximum Gasteiger partial charge on any atom is 0.263 e. The van der Waals surface area contributed by atoms with E-state index >= 15 is 0 Å². The normalized spacial score (nSPS) is 15.0. The Labute approximate surface area is 182 Å². The molecule has 1 aliphatic rings. The van der Waals surface area contributed by atoms with E-state index in [0.29, 0.717) is 29.2 Å². The van der Waals surface area contributed by atoms with Gasteiger partial charge in [-0.25, -0.2) is 4.98 Å². The van der Waals surface area contributed by atoms with Crippen LogP contribution in [-0.2, 0) is 6.42 Å². The summed E-state index contributed by atoms with van der Waals surface area (Å²) < 4.78 is 0. The molecule has 1 aromatic carbocycles. The zero-order valence-corrected chi connectivity index (χ0v) is 18.5. The van der Waals surface area contributed by atoms with Gasteiger partial charge in [0.1, 0.15) is 5.56 Å². The first-order valence-corrected chi connectivity index (χ1v) is 11.6. The van der Waals surface area contributed by atoms with Crippen LogP contribution in [0.1, 0.15) is 46.7 Å². The summed E-state index contributed by atoms with van der Waals surface area (Å²) >= 11 is 2.95. The standard InChI is InChI=1S/C22H21N3O3S2/c1-22(2)9-16-14(18(26)10-22)8-15(19(27)23-16)20(28)25-21-24-17(11-30-21)12-4-6-13(29-3)7-5-12/h4-8,11H,9-10H2,1-3H3,(H,23,27)(H,24,25,28). The molecule has 0 atom stereocenters. The van der Waals surface area contributed by atoms with Crippen molar-refractivity contribution in [2.45, 2.75) is 31.6 Å². The molecule has 0 saturated carbocycles. The van der Waals surface area contributed by atoms with Crippen molar-refractivity contribution in [1.82, 2.24) is 9.97 Å². The number of carbonyl (C=O) groups excluding carboxylic acids is 2. The van der Waals surface area contributed by atoms with Crippen LogP contribution in [0.25, 0.3) is 11.3 Å². The van der Waals surface area contributed by atoms with Gasteiger partial charge in [0.25, 0.3) is 11.5 Å². The summed E-state index contributed by atoms with van der Waals surface area (Å²) in [6.45, 7) is 3.98. The lowest BCUT2D eigenvalue weighted by atomic mass is 9.75. The van der Waals surface area contributed by atoms with Gasteiger partial charge >= 0.3 is 0 Å². The molecule has 8 heteroatoms. The number of Topliss-reactive ketones (excluding diaryl/α,β-unsaturated/α-hetero) is 1. The van der Waals surface area contributed by atoms with Crippen LogP contribution in [0.4, 0.5) is 5.13 Å². The topological polar surface area (TPSA) is 91.9 Å². The SMILES string of the molecule is CSc1ccc(-c2csc(NC(=O)c3cc4c([nH]c3=O)CC(C)(C)CC4=O)n2)cc1. The number of ketones is 1. The average Bonchev–Trinajstić information content (AvgIpc) is 3.15. The number of thiazole rings is 1. The average molecular weight is 440 g/mol. The molecule has 3 aromatic rings. The molecule has 0 fully saturated rings. The molecule has 0 aliphatic heterocycles. The monoisotopic (exact) mass is 439 g/mol. The van der Waals surface area contributed by atoms with Gasteiger partial charge in [-0.1, -0.05) is 26.0 Å². The fraction of sp³-hybridized carbons (Fsp3) is 0.273. The maximum absolute atomic E-state index is 12.7. The number of pyridine rings is 1. The van der Waals surface area contributed by atoms with Gasteiger partial charge in [0.2, 0.25) is 0 Å². The van der Waals surface area contributed by atoms with Crippen LogP contribution >= 0.6 is 23.1 Å². The lowest BCUT2D eigenvalue weighted by Crippen LogP contribution is -2.32. The smallest absolute Gasteiger partial charge is 0.263 e.